The topological polar surface area (TPSA) is 88.8 Å². The fourth-order valence-corrected chi connectivity index (χ4v) is 2.34. The first-order valence-corrected chi connectivity index (χ1v) is 6.61. The van der Waals surface area contributed by atoms with Gasteiger partial charge < -0.3 is 19.6 Å². The number of rotatable bonds is 4. The molecular formula is C14H19NO5. The molecule has 20 heavy (non-hydrogen) atoms. The molecule has 0 aliphatic carbocycles. The summed E-state index contributed by atoms with van der Waals surface area (Å²) in [6.45, 7) is 4.75. The van der Waals surface area contributed by atoms with Gasteiger partial charge in [-0.3, -0.25) is 4.79 Å². The second-order valence-corrected chi connectivity index (χ2v) is 5.39. The molecule has 1 aromatic heterocycles. The highest BCUT2D eigenvalue weighted by Gasteiger charge is 2.35. The van der Waals surface area contributed by atoms with Crippen LogP contribution < -0.4 is 5.32 Å². The van der Waals surface area contributed by atoms with Gasteiger partial charge in [0.15, 0.2) is 0 Å². The van der Waals surface area contributed by atoms with E-state index < -0.39 is 11.4 Å². The lowest BCUT2D eigenvalue weighted by Gasteiger charge is -2.31. The van der Waals surface area contributed by atoms with Crippen molar-refractivity contribution in [2.24, 2.45) is 5.41 Å². The van der Waals surface area contributed by atoms with E-state index >= 15 is 0 Å². The second kappa shape index (κ2) is 5.66. The zero-order valence-corrected chi connectivity index (χ0v) is 11.7. The van der Waals surface area contributed by atoms with Crippen LogP contribution in [0, 0.1) is 12.3 Å². The smallest absolute Gasteiger partial charge is 0.339 e. The second-order valence-electron chi connectivity index (χ2n) is 5.39. The minimum absolute atomic E-state index is 0.0943. The van der Waals surface area contributed by atoms with E-state index in [1.165, 1.54) is 6.07 Å². The Bertz CT molecular complexity index is 514. The lowest BCUT2D eigenvalue weighted by molar-refractivity contribution is -0.137. The van der Waals surface area contributed by atoms with Crippen molar-refractivity contribution in [1.82, 2.24) is 5.32 Å². The maximum Gasteiger partial charge on any atom is 0.339 e. The number of ether oxygens (including phenoxy) is 1. The van der Waals surface area contributed by atoms with Crippen LogP contribution in [0.4, 0.5) is 0 Å². The number of carboxylic acid groups (broad SMARTS) is 1. The Morgan fingerprint density at radius 3 is 2.80 bits per heavy atom. The molecule has 0 saturated carbocycles. The number of carboxylic acids is 1. The third-order valence-corrected chi connectivity index (χ3v) is 3.61. The largest absolute Gasteiger partial charge is 0.478 e. The Morgan fingerprint density at radius 2 is 2.25 bits per heavy atom. The van der Waals surface area contributed by atoms with Crippen LogP contribution in [-0.2, 0) is 16.1 Å². The average molecular weight is 281 g/mol. The van der Waals surface area contributed by atoms with Gasteiger partial charge >= 0.3 is 5.97 Å². The molecule has 2 rings (SSSR count). The summed E-state index contributed by atoms with van der Waals surface area (Å²) in [5.74, 6) is -0.345. The zero-order valence-electron chi connectivity index (χ0n) is 11.7. The van der Waals surface area contributed by atoms with E-state index in [9.17, 15) is 9.59 Å². The Labute approximate surface area is 117 Å². The average Bonchev–Trinajstić information content (AvgIpc) is 2.78. The maximum atomic E-state index is 12.2. The van der Waals surface area contributed by atoms with E-state index in [-0.39, 0.29) is 18.0 Å². The summed E-state index contributed by atoms with van der Waals surface area (Å²) in [5.41, 5.74) is -0.392. The summed E-state index contributed by atoms with van der Waals surface area (Å²) in [6.07, 6.45) is 1.66. The van der Waals surface area contributed by atoms with Gasteiger partial charge in [-0.1, -0.05) is 0 Å². The van der Waals surface area contributed by atoms with E-state index in [4.69, 9.17) is 14.3 Å². The molecule has 6 heteroatoms. The number of carbonyl (C=O) groups excluding carboxylic acids is 1. The fourth-order valence-electron chi connectivity index (χ4n) is 2.34. The van der Waals surface area contributed by atoms with E-state index in [2.05, 4.69) is 5.32 Å². The predicted molar refractivity (Wildman–Crippen MR) is 70.4 cm³/mol. The number of nitrogens with one attached hydrogen (secondary N) is 1. The first kappa shape index (κ1) is 14.6. The molecule has 6 nitrogen and oxygen atoms in total. The highest BCUT2D eigenvalue weighted by Crippen LogP contribution is 2.28. The molecule has 0 radical (unpaired) electrons. The normalized spacial score (nSPS) is 22.5. The van der Waals surface area contributed by atoms with Crippen LogP contribution in [-0.4, -0.2) is 30.2 Å². The SMILES string of the molecule is Cc1oc(CNC(=O)C2(C)CCCOC2)cc1C(=O)O. The van der Waals surface area contributed by atoms with E-state index in [0.717, 1.165) is 12.8 Å². The van der Waals surface area contributed by atoms with Crippen molar-refractivity contribution in [3.8, 4) is 0 Å². The van der Waals surface area contributed by atoms with Crippen molar-refractivity contribution in [1.29, 1.82) is 0 Å². The van der Waals surface area contributed by atoms with Crippen molar-refractivity contribution < 1.29 is 23.8 Å². The van der Waals surface area contributed by atoms with Crippen molar-refractivity contribution in [2.45, 2.75) is 33.2 Å². The third kappa shape index (κ3) is 3.01. The highest BCUT2D eigenvalue weighted by atomic mass is 16.5. The summed E-state index contributed by atoms with van der Waals surface area (Å²) in [5, 5.41) is 11.7. The fraction of sp³-hybridized carbons (Fsp3) is 0.571. The number of furan rings is 1. The van der Waals surface area contributed by atoms with E-state index in [1.54, 1.807) is 6.92 Å². The van der Waals surface area contributed by atoms with Crippen molar-refractivity contribution in [3.05, 3.63) is 23.2 Å². The van der Waals surface area contributed by atoms with Gasteiger partial charge in [0.1, 0.15) is 17.1 Å². The van der Waals surface area contributed by atoms with Gasteiger partial charge in [0, 0.05) is 6.61 Å². The molecule has 2 heterocycles. The minimum atomic E-state index is -1.03. The van der Waals surface area contributed by atoms with Gasteiger partial charge in [0.05, 0.1) is 18.6 Å². The Balaban J connectivity index is 1.96. The van der Waals surface area contributed by atoms with Gasteiger partial charge in [-0.15, -0.1) is 0 Å². The molecule has 0 spiro atoms. The number of hydrogen-bond donors (Lipinski definition) is 2. The zero-order chi connectivity index (χ0) is 14.8. The third-order valence-electron chi connectivity index (χ3n) is 3.61. The summed E-state index contributed by atoms with van der Waals surface area (Å²) in [6, 6.07) is 1.44. The molecule has 1 atom stereocenters. The van der Waals surface area contributed by atoms with Crippen molar-refractivity contribution >= 4 is 11.9 Å². The quantitative estimate of drug-likeness (QED) is 0.877. The first-order chi connectivity index (χ1) is 9.42. The molecule has 1 unspecified atom stereocenters. The monoisotopic (exact) mass is 281 g/mol. The number of aromatic carboxylic acids is 1. The van der Waals surface area contributed by atoms with E-state index in [0.29, 0.717) is 24.7 Å². The summed E-state index contributed by atoms with van der Waals surface area (Å²) in [4.78, 5) is 23.1. The van der Waals surface area contributed by atoms with Gasteiger partial charge in [-0.2, -0.15) is 0 Å². The molecule has 1 saturated heterocycles. The van der Waals surface area contributed by atoms with Crippen LogP contribution in [0.2, 0.25) is 0 Å². The maximum absolute atomic E-state index is 12.2. The standard InChI is InChI=1S/C14H19NO5/c1-9-11(12(16)17)6-10(20-9)7-15-13(18)14(2)4-3-5-19-8-14/h6H,3-5,7-8H2,1-2H3,(H,15,18)(H,16,17). The molecular weight excluding hydrogens is 262 g/mol. The first-order valence-electron chi connectivity index (χ1n) is 6.61. The summed E-state index contributed by atoms with van der Waals surface area (Å²) < 4.78 is 10.7. The van der Waals surface area contributed by atoms with Crippen LogP contribution in [0.25, 0.3) is 0 Å². The van der Waals surface area contributed by atoms with Gasteiger partial charge in [0.25, 0.3) is 0 Å². The van der Waals surface area contributed by atoms with Crippen LogP contribution in [0.3, 0.4) is 0 Å². The Morgan fingerprint density at radius 1 is 1.50 bits per heavy atom. The lowest BCUT2D eigenvalue weighted by Crippen LogP contribution is -2.43. The molecule has 110 valence electrons. The van der Waals surface area contributed by atoms with Gasteiger partial charge in [-0.25, -0.2) is 4.79 Å². The van der Waals surface area contributed by atoms with Crippen LogP contribution in [0.15, 0.2) is 10.5 Å². The number of aryl methyl sites for hydroxylation is 1. The van der Waals surface area contributed by atoms with Gasteiger partial charge in [0.2, 0.25) is 5.91 Å². The van der Waals surface area contributed by atoms with E-state index in [1.807, 2.05) is 6.92 Å². The van der Waals surface area contributed by atoms with Crippen molar-refractivity contribution in [2.75, 3.05) is 13.2 Å². The minimum Gasteiger partial charge on any atom is -0.478 e. The molecule has 1 aromatic rings. The Hall–Kier alpha value is -1.82. The van der Waals surface area contributed by atoms with Crippen LogP contribution in [0.1, 0.15) is 41.6 Å². The summed E-state index contributed by atoms with van der Waals surface area (Å²) in [7, 11) is 0. The number of carbonyl (C=O) groups is 2. The predicted octanol–water partition coefficient (Wildman–Crippen LogP) is 1.72. The number of amides is 1. The van der Waals surface area contributed by atoms with Crippen molar-refractivity contribution in [3.63, 3.8) is 0 Å². The molecule has 1 fully saturated rings. The molecule has 1 amide bonds. The Kier molecular flexibility index (Phi) is 4.13. The molecule has 2 N–H and O–H groups in total. The van der Waals surface area contributed by atoms with Crippen LogP contribution in [0.5, 0.6) is 0 Å². The molecule has 1 aliphatic heterocycles. The van der Waals surface area contributed by atoms with Gasteiger partial charge in [-0.05, 0) is 32.8 Å². The van der Waals surface area contributed by atoms with Crippen LogP contribution >= 0.6 is 0 Å². The highest BCUT2D eigenvalue weighted by molar-refractivity contribution is 5.88. The lowest BCUT2D eigenvalue weighted by atomic mass is 9.84. The molecule has 0 aromatic carbocycles. The summed E-state index contributed by atoms with van der Waals surface area (Å²) >= 11 is 0. The number of hydrogen-bond acceptors (Lipinski definition) is 4. The molecule has 0 bridgehead atoms. The molecule has 1 aliphatic rings.